The highest BCUT2D eigenvalue weighted by Crippen LogP contribution is 2.24. The Balaban J connectivity index is 2.41. The van der Waals surface area contributed by atoms with Gasteiger partial charge in [0.2, 0.25) is 0 Å². The molecule has 0 fully saturated rings. The number of hydrogen-bond donors (Lipinski definition) is 1. The van der Waals surface area contributed by atoms with Crippen LogP contribution >= 0.6 is 11.3 Å². The summed E-state index contributed by atoms with van der Waals surface area (Å²) in [6, 6.07) is 8.92. The van der Waals surface area contributed by atoms with Crippen molar-refractivity contribution in [1.29, 1.82) is 0 Å². The summed E-state index contributed by atoms with van der Waals surface area (Å²) in [5.74, 6) is -0.355. The molecular weight excluding hydrogens is 234 g/mol. The number of carbonyl (C=O) groups excluding carboxylic acids is 1. The highest BCUT2D eigenvalue weighted by atomic mass is 32.1. The second-order valence-corrected chi connectivity index (χ2v) is 4.39. The van der Waals surface area contributed by atoms with Crippen LogP contribution in [-0.4, -0.2) is 13.1 Å². The first kappa shape index (κ1) is 11.8. The molecule has 2 rings (SSSR count). The molecule has 3 nitrogen and oxygen atoms in total. The minimum absolute atomic E-state index is 0.295. The van der Waals surface area contributed by atoms with Crippen molar-refractivity contribution < 1.29 is 9.53 Å². The summed E-state index contributed by atoms with van der Waals surface area (Å²) in [4.78, 5) is 11.6. The monoisotopic (exact) mass is 247 g/mol. The largest absolute Gasteiger partial charge is 0.465 e. The summed E-state index contributed by atoms with van der Waals surface area (Å²) in [6.45, 7) is 0. The molecule has 0 aliphatic carbocycles. The van der Waals surface area contributed by atoms with Gasteiger partial charge in [0.15, 0.2) is 0 Å². The van der Waals surface area contributed by atoms with Crippen molar-refractivity contribution in [3.05, 3.63) is 57.8 Å². The molecule has 88 valence electrons. The number of hydrogen-bond acceptors (Lipinski definition) is 4. The smallest absolute Gasteiger partial charge is 0.338 e. The number of rotatable bonds is 3. The zero-order valence-electron chi connectivity index (χ0n) is 9.42. The van der Waals surface area contributed by atoms with Crippen molar-refractivity contribution in [3.8, 4) is 0 Å². The molecule has 1 aromatic carbocycles. The summed E-state index contributed by atoms with van der Waals surface area (Å²) < 4.78 is 4.75. The van der Waals surface area contributed by atoms with Crippen LogP contribution in [0.1, 0.15) is 27.5 Å². The van der Waals surface area contributed by atoms with Gasteiger partial charge in [-0.2, -0.15) is 11.3 Å². The van der Waals surface area contributed by atoms with Gasteiger partial charge in [0, 0.05) is 0 Å². The normalized spacial score (nSPS) is 12.1. The van der Waals surface area contributed by atoms with Crippen molar-refractivity contribution in [2.75, 3.05) is 7.11 Å². The van der Waals surface area contributed by atoms with Crippen LogP contribution in [0.25, 0.3) is 0 Å². The summed E-state index contributed by atoms with van der Waals surface area (Å²) in [5.41, 5.74) is 8.47. The van der Waals surface area contributed by atoms with Gasteiger partial charge in [0.05, 0.1) is 18.7 Å². The van der Waals surface area contributed by atoms with E-state index in [2.05, 4.69) is 0 Å². The van der Waals surface area contributed by atoms with Gasteiger partial charge in [-0.15, -0.1) is 0 Å². The van der Waals surface area contributed by atoms with Crippen LogP contribution in [0.4, 0.5) is 0 Å². The molecule has 0 spiro atoms. The van der Waals surface area contributed by atoms with E-state index in [9.17, 15) is 4.79 Å². The van der Waals surface area contributed by atoms with Gasteiger partial charge in [0.25, 0.3) is 0 Å². The number of esters is 1. The molecule has 4 heteroatoms. The molecule has 2 N–H and O–H groups in total. The SMILES string of the molecule is COC(=O)c1ccccc1[C@@H](N)c1ccsc1. The van der Waals surface area contributed by atoms with Crippen molar-refractivity contribution in [3.63, 3.8) is 0 Å². The fourth-order valence-electron chi connectivity index (χ4n) is 1.70. The van der Waals surface area contributed by atoms with Gasteiger partial charge < -0.3 is 10.5 Å². The fourth-order valence-corrected chi connectivity index (χ4v) is 2.39. The van der Waals surface area contributed by atoms with Gasteiger partial charge in [-0.3, -0.25) is 0 Å². The third-order valence-electron chi connectivity index (χ3n) is 2.60. The summed E-state index contributed by atoms with van der Waals surface area (Å²) in [5, 5.41) is 3.95. The second-order valence-electron chi connectivity index (χ2n) is 3.61. The van der Waals surface area contributed by atoms with Crippen molar-refractivity contribution in [2.24, 2.45) is 5.73 Å². The van der Waals surface area contributed by atoms with Crippen molar-refractivity contribution in [2.45, 2.75) is 6.04 Å². The number of methoxy groups -OCH3 is 1. The summed E-state index contributed by atoms with van der Waals surface area (Å²) in [6.07, 6.45) is 0. The Morgan fingerprint density at radius 2 is 2.12 bits per heavy atom. The van der Waals surface area contributed by atoms with Crippen molar-refractivity contribution in [1.82, 2.24) is 0 Å². The Morgan fingerprint density at radius 1 is 1.35 bits per heavy atom. The fraction of sp³-hybridized carbons (Fsp3) is 0.154. The van der Waals surface area contributed by atoms with Crippen LogP contribution < -0.4 is 5.73 Å². The quantitative estimate of drug-likeness (QED) is 0.848. The van der Waals surface area contributed by atoms with E-state index in [1.165, 1.54) is 7.11 Å². The van der Waals surface area contributed by atoms with E-state index in [0.29, 0.717) is 5.56 Å². The molecule has 2 aromatic rings. The van der Waals surface area contributed by atoms with E-state index in [4.69, 9.17) is 10.5 Å². The molecular formula is C13H13NO2S. The minimum atomic E-state index is -0.355. The summed E-state index contributed by atoms with van der Waals surface area (Å²) in [7, 11) is 1.37. The average molecular weight is 247 g/mol. The van der Waals surface area contributed by atoms with Crippen LogP contribution in [0.3, 0.4) is 0 Å². The zero-order valence-corrected chi connectivity index (χ0v) is 10.2. The molecule has 1 aromatic heterocycles. The highest BCUT2D eigenvalue weighted by molar-refractivity contribution is 7.08. The molecule has 0 saturated heterocycles. The first-order valence-electron chi connectivity index (χ1n) is 5.19. The van der Waals surface area contributed by atoms with Gasteiger partial charge in [-0.05, 0) is 34.0 Å². The number of carbonyl (C=O) groups is 1. The Labute approximate surface area is 104 Å². The van der Waals surface area contributed by atoms with E-state index in [1.807, 2.05) is 29.0 Å². The van der Waals surface area contributed by atoms with Crippen LogP contribution in [-0.2, 0) is 4.74 Å². The molecule has 1 atom stereocenters. The van der Waals surface area contributed by atoms with Crippen LogP contribution in [0.15, 0.2) is 41.1 Å². The van der Waals surface area contributed by atoms with Gasteiger partial charge in [-0.1, -0.05) is 18.2 Å². The maximum Gasteiger partial charge on any atom is 0.338 e. The maximum absolute atomic E-state index is 11.6. The first-order valence-corrected chi connectivity index (χ1v) is 6.13. The van der Waals surface area contributed by atoms with Crippen LogP contribution in [0, 0.1) is 0 Å². The standard InChI is InChI=1S/C13H13NO2S/c1-16-13(15)11-5-3-2-4-10(11)12(14)9-6-7-17-8-9/h2-8,12H,14H2,1H3/t12-/m0/s1. The zero-order chi connectivity index (χ0) is 12.3. The second kappa shape index (κ2) is 5.12. The third kappa shape index (κ3) is 2.38. The van der Waals surface area contributed by atoms with Crippen LogP contribution in [0.2, 0.25) is 0 Å². The van der Waals surface area contributed by atoms with E-state index >= 15 is 0 Å². The van der Waals surface area contributed by atoms with Crippen LogP contribution in [0.5, 0.6) is 0 Å². The van der Waals surface area contributed by atoms with Gasteiger partial charge in [0.1, 0.15) is 0 Å². The summed E-state index contributed by atoms with van der Waals surface area (Å²) >= 11 is 1.59. The molecule has 1 heterocycles. The lowest BCUT2D eigenvalue weighted by molar-refractivity contribution is 0.0599. The molecule has 0 amide bonds. The lowest BCUT2D eigenvalue weighted by Gasteiger charge is -2.14. The average Bonchev–Trinajstić information content (AvgIpc) is 2.91. The predicted octanol–water partition coefficient (Wildman–Crippen LogP) is 2.58. The molecule has 0 radical (unpaired) electrons. The van der Waals surface area contributed by atoms with E-state index in [-0.39, 0.29) is 12.0 Å². The Morgan fingerprint density at radius 3 is 2.76 bits per heavy atom. The Bertz CT molecular complexity index is 508. The number of ether oxygens (including phenoxy) is 1. The molecule has 0 saturated carbocycles. The number of benzene rings is 1. The maximum atomic E-state index is 11.6. The highest BCUT2D eigenvalue weighted by Gasteiger charge is 2.17. The molecule has 0 unspecified atom stereocenters. The van der Waals surface area contributed by atoms with Crippen molar-refractivity contribution >= 4 is 17.3 Å². The van der Waals surface area contributed by atoms with Gasteiger partial charge in [-0.25, -0.2) is 4.79 Å². The topological polar surface area (TPSA) is 52.3 Å². The Kier molecular flexibility index (Phi) is 3.56. The lowest BCUT2D eigenvalue weighted by atomic mass is 9.97. The van der Waals surface area contributed by atoms with E-state index in [1.54, 1.807) is 23.5 Å². The molecule has 17 heavy (non-hydrogen) atoms. The molecule has 0 aliphatic heterocycles. The lowest BCUT2D eigenvalue weighted by Crippen LogP contribution is -2.16. The third-order valence-corrected chi connectivity index (χ3v) is 3.30. The number of nitrogens with two attached hydrogens (primary N) is 1. The van der Waals surface area contributed by atoms with E-state index in [0.717, 1.165) is 11.1 Å². The first-order chi connectivity index (χ1) is 8.24. The van der Waals surface area contributed by atoms with Gasteiger partial charge >= 0.3 is 5.97 Å². The Hall–Kier alpha value is -1.65. The molecule has 0 aliphatic rings. The number of thiophene rings is 1. The van der Waals surface area contributed by atoms with E-state index < -0.39 is 0 Å². The minimum Gasteiger partial charge on any atom is -0.465 e. The molecule has 0 bridgehead atoms. The predicted molar refractivity (Wildman–Crippen MR) is 68.1 cm³/mol.